The number of nitrogens with two attached hydrogens (primary N) is 1. The Balaban J connectivity index is 2.81. The Morgan fingerprint density at radius 1 is 1.42 bits per heavy atom. The maximum atomic E-state index is 12.1. The van der Waals surface area contributed by atoms with Crippen molar-refractivity contribution in [2.75, 3.05) is 11.5 Å². The van der Waals surface area contributed by atoms with E-state index < -0.39 is 21.5 Å². The van der Waals surface area contributed by atoms with Crippen LogP contribution in [0.25, 0.3) is 0 Å². The predicted molar refractivity (Wildman–Crippen MR) is 73.2 cm³/mol. The average molecular weight is 285 g/mol. The number of carbonyl (C=O) groups excluding carboxylic acids is 1. The monoisotopic (exact) mass is 285 g/mol. The van der Waals surface area contributed by atoms with Crippen molar-refractivity contribution in [2.45, 2.75) is 37.6 Å². The minimum atomic E-state index is -3.73. The van der Waals surface area contributed by atoms with Crippen molar-refractivity contribution in [1.82, 2.24) is 10.3 Å². The van der Waals surface area contributed by atoms with Crippen LogP contribution < -0.4 is 11.1 Å². The molecule has 0 bridgehead atoms. The van der Waals surface area contributed by atoms with Crippen LogP contribution in [-0.2, 0) is 14.6 Å². The first-order chi connectivity index (χ1) is 8.90. The number of aromatic nitrogens is 1. The van der Waals surface area contributed by atoms with E-state index in [0.717, 1.165) is 12.8 Å². The topological polar surface area (TPSA) is 102 Å². The van der Waals surface area contributed by atoms with Crippen LogP contribution in [0.1, 0.15) is 26.7 Å². The van der Waals surface area contributed by atoms with E-state index in [1.807, 2.05) is 13.8 Å². The molecule has 1 aromatic heterocycles. The van der Waals surface area contributed by atoms with Gasteiger partial charge >= 0.3 is 0 Å². The summed E-state index contributed by atoms with van der Waals surface area (Å²) in [5, 5.41) is 2.69. The van der Waals surface area contributed by atoms with Gasteiger partial charge in [0.05, 0.1) is 16.8 Å². The third kappa shape index (κ3) is 4.20. The molecule has 0 aliphatic carbocycles. The average Bonchev–Trinajstić information content (AvgIpc) is 2.35. The van der Waals surface area contributed by atoms with Crippen molar-refractivity contribution < 1.29 is 13.2 Å². The van der Waals surface area contributed by atoms with Crippen molar-refractivity contribution in [1.29, 1.82) is 0 Å². The minimum Gasteiger partial charge on any atom is -0.396 e. The van der Waals surface area contributed by atoms with Crippen molar-refractivity contribution in [3.63, 3.8) is 0 Å². The molecule has 106 valence electrons. The summed E-state index contributed by atoms with van der Waals surface area (Å²) >= 11 is 0. The molecule has 6 nitrogen and oxygen atoms in total. The van der Waals surface area contributed by atoms with Crippen LogP contribution in [-0.4, -0.2) is 31.1 Å². The first kappa shape index (κ1) is 15.4. The molecule has 0 aliphatic rings. The number of anilines is 1. The highest BCUT2D eigenvalue weighted by Gasteiger charge is 2.22. The standard InChI is InChI=1S/C12H19N3O3S/c1-3-9(4-2)15-12(16)8-19(17,18)11-5-6-14-7-10(11)13/h5-7,9H,3-4,8,13H2,1-2H3,(H,15,16). The van der Waals surface area contributed by atoms with Crippen molar-refractivity contribution in [3.05, 3.63) is 18.5 Å². The summed E-state index contributed by atoms with van der Waals surface area (Å²) in [6, 6.07) is 1.30. The number of sulfone groups is 1. The highest BCUT2D eigenvalue weighted by molar-refractivity contribution is 7.92. The van der Waals surface area contributed by atoms with Crippen LogP contribution in [0.4, 0.5) is 5.69 Å². The fourth-order valence-corrected chi connectivity index (χ4v) is 2.95. The SMILES string of the molecule is CCC(CC)NC(=O)CS(=O)(=O)c1ccncc1N. The Labute approximate surface area is 113 Å². The zero-order valence-corrected chi connectivity index (χ0v) is 11.9. The van der Waals surface area contributed by atoms with Gasteiger partial charge in [0.1, 0.15) is 5.75 Å². The molecule has 3 N–H and O–H groups in total. The van der Waals surface area contributed by atoms with Gasteiger partial charge in [0.15, 0.2) is 9.84 Å². The smallest absolute Gasteiger partial charge is 0.235 e. The van der Waals surface area contributed by atoms with E-state index in [-0.39, 0.29) is 16.6 Å². The number of nitrogens with one attached hydrogen (secondary N) is 1. The zero-order chi connectivity index (χ0) is 14.5. The maximum Gasteiger partial charge on any atom is 0.235 e. The van der Waals surface area contributed by atoms with Crippen LogP contribution in [0.5, 0.6) is 0 Å². The fourth-order valence-electron chi connectivity index (χ4n) is 1.69. The lowest BCUT2D eigenvalue weighted by molar-refractivity contribution is -0.119. The van der Waals surface area contributed by atoms with Gasteiger partial charge in [-0.15, -0.1) is 0 Å². The predicted octanol–water partition coefficient (Wildman–Crippen LogP) is 0.742. The molecule has 1 rings (SSSR count). The largest absolute Gasteiger partial charge is 0.396 e. The molecule has 0 saturated carbocycles. The molecule has 7 heteroatoms. The molecule has 0 radical (unpaired) electrons. The Hall–Kier alpha value is -1.63. The molecule has 0 unspecified atom stereocenters. The molecule has 0 atom stereocenters. The number of hydrogen-bond acceptors (Lipinski definition) is 5. The highest BCUT2D eigenvalue weighted by Crippen LogP contribution is 2.17. The van der Waals surface area contributed by atoms with Gasteiger partial charge in [-0.3, -0.25) is 9.78 Å². The number of nitrogen functional groups attached to an aromatic ring is 1. The molecule has 0 fully saturated rings. The number of pyridine rings is 1. The van der Waals surface area contributed by atoms with Gasteiger partial charge < -0.3 is 11.1 Å². The van der Waals surface area contributed by atoms with E-state index in [0.29, 0.717) is 0 Å². The van der Waals surface area contributed by atoms with Crippen LogP contribution in [0.15, 0.2) is 23.4 Å². The molecule has 1 heterocycles. The van der Waals surface area contributed by atoms with E-state index in [9.17, 15) is 13.2 Å². The lowest BCUT2D eigenvalue weighted by Crippen LogP contribution is -2.37. The van der Waals surface area contributed by atoms with Crippen LogP contribution >= 0.6 is 0 Å². The minimum absolute atomic E-state index is 0.00233. The molecule has 0 saturated heterocycles. The number of amides is 1. The fraction of sp³-hybridized carbons (Fsp3) is 0.500. The lowest BCUT2D eigenvalue weighted by atomic mass is 10.2. The van der Waals surface area contributed by atoms with E-state index in [1.54, 1.807) is 0 Å². The van der Waals surface area contributed by atoms with E-state index in [4.69, 9.17) is 5.73 Å². The third-order valence-electron chi connectivity index (χ3n) is 2.82. The van der Waals surface area contributed by atoms with Crippen LogP contribution in [0, 0.1) is 0 Å². The van der Waals surface area contributed by atoms with Crippen LogP contribution in [0.3, 0.4) is 0 Å². The number of carbonyl (C=O) groups is 1. The van der Waals surface area contributed by atoms with Gasteiger partial charge in [0.25, 0.3) is 0 Å². The second-order valence-corrected chi connectivity index (χ2v) is 6.21. The summed E-state index contributed by atoms with van der Waals surface area (Å²) in [7, 11) is -3.73. The van der Waals surface area contributed by atoms with Gasteiger partial charge in [-0.2, -0.15) is 0 Å². The summed E-state index contributed by atoms with van der Waals surface area (Å²) in [5.74, 6) is -1.11. The third-order valence-corrected chi connectivity index (χ3v) is 4.50. The molecule has 0 aliphatic heterocycles. The molecular formula is C12H19N3O3S. The first-order valence-electron chi connectivity index (χ1n) is 6.12. The Morgan fingerprint density at radius 3 is 2.58 bits per heavy atom. The number of nitrogens with zero attached hydrogens (tertiary/aromatic N) is 1. The molecule has 0 spiro atoms. The van der Waals surface area contributed by atoms with Crippen molar-refractivity contribution in [3.8, 4) is 0 Å². The quantitative estimate of drug-likeness (QED) is 0.802. The normalized spacial score (nSPS) is 11.5. The molecular weight excluding hydrogens is 266 g/mol. The van der Waals surface area contributed by atoms with Gasteiger partial charge in [-0.25, -0.2) is 8.42 Å². The van der Waals surface area contributed by atoms with Gasteiger partial charge in [-0.05, 0) is 18.9 Å². The first-order valence-corrected chi connectivity index (χ1v) is 7.77. The van der Waals surface area contributed by atoms with E-state index >= 15 is 0 Å². The maximum absolute atomic E-state index is 12.1. The van der Waals surface area contributed by atoms with Gasteiger partial charge in [0, 0.05) is 12.2 Å². The van der Waals surface area contributed by atoms with Crippen molar-refractivity contribution in [2.24, 2.45) is 0 Å². The van der Waals surface area contributed by atoms with E-state index in [2.05, 4.69) is 10.3 Å². The van der Waals surface area contributed by atoms with Gasteiger partial charge in [0.2, 0.25) is 5.91 Å². The zero-order valence-electron chi connectivity index (χ0n) is 11.1. The van der Waals surface area contributed by atoms with Gasteiger partial charge in [-0.1, -0.05) is 13.8 Å². The summed E-state index contributed by atoms with van der Waals surface area (Å²) in [5.41, 5.74) is 5.62. The summed E-state index contributed by atoms with van der Waals surface area (Å²) < 4.78 is 24.1. The van der Waals surface area contributed by atoms with Crippen molar-refractivity contribution >= 4 is 21.4 Å². The second-order valence-electron chi connectivity index (χ2n) is 4.25. The van der Waals surface area contributed by atoms with Crippen LogP contribution in [0.2, 0.25) is 0 Å². The number of hydrogen-bond donors (Lipinski definition) is 2. The lowest BCUT2D eigenvalue weighted by Gasteiger charge is -2.14. The Kier molecular flexibility index (Phi) is 5.29. The number of rotatable bonds is 6. The van der Waals surface area contributed by atoms with E-state index in [1.165, 1.54) is 18.5 Å². The Morgan fingerprint density at radius 2 is 2.05 bits per heavy atom. The molecule has 19 heavy (non-hydrogen) atoms. The summed E-state index contributed by atoms with van der Waals surface area (Å²) in [6.07, 6.45) is 4.12. The Bertz CT molecular complexity index is 539. The summed E-state index contributed by atoms with van der Waals surface area (Å²) in [6.45, 7) is 3.87. The highest BCUT2D eigenvalue weighted by atomic mass is 32.2. The molecule has 1 aromatic rings. The molecule has 0 aromatic carbocycles. The second kappa shape index (κ2) is 6.51. The summed E-state index contributed by atoms with van der Waals surface area (Å²) in [4.78, 5) is 15.4. The molecule has 1 amide bonds.